The summed E-state index contributed by atoms with van der Waals surface area (Å²) in [5.41, 5.74) is 4.60. The molecule has 0 saturated carbocycles. The molecule has 4 rings (SSSR count). The molecule has 1 aliphatic heterocycles. The molecule has 0 radical (unpaired) electrons. The van der Waals surface area contributed by atoms with Gasteiger partial charge in [-0.25, -0.2) is 9.07 Å². The Morgan fingerprint density at radius 1 is 1.19 bits per heavy atom. The lowest BCUT2D eigenvalue weighted by molar-refractivity contribution is -0.0329. The molecule has 1 aromatic heterocycles. The van der Waals surface area contributed by atoms with E-state index in [1.165, 1.54) is 23.3 Å². The Morgan fingerprint density at radius 2 is 2.04 bits per heavy atom. The van der Waals surface area contributed by atoms with Gasteiger partial charge in [0.25, 0.3) is 0 Å². The molecule has 5 heteroatoms. The molecule has 0 amide bonds. The number of nitrogens with zero attached hydrogens (tertiary/aromatic N) is 3. The average molecular weight is 351 g/mol. The lowest BCUT2D eigenvalue weighted by Gasteiger charge is -2.33. The van der Waals surface area contributed by atoms with Gasteiger partial charge in [-0.1, -0.05) is 29.8 Å². The third-order valence-corrected chi connectivity index (χ3v) is 4.77. The van der Waals surface area contributed by atoms with Crippen LogP contribution in [-0.2, 0) is 11.3 Å². The number of rotatable bonds is 4. The fourth-order valence-electron chi connectivity index (χ4n) is 3.44. The summed E-state index contributed by atoms with van der Waals surface area (Å²) in [5, 5.41) is 4.38. The highest BCUT2D eigenvalue weighted by Crippen LogP contribution is 2.25. The van der Waals surface area contributed by atoms with Gasteiger partial charge in [0.15, 0.2) is 0 Å². The molecule has 1 atom stereocenters. The molecule has 26 heavy (non-hydrogen) atoms. The zero-order chi connectivity index (χ0) is 17.9. The van der Waals surface area contributed by atoms with Gasteiger partial charge < -0.3 is 4.74 Å². The third-order valence-electron chi connectivity index (χ3n) is 4.77. The van der Waals surface area contributed by atoms with Crippen LogP contribution >= 0.6 is 0 Å². The van der Waals surface area contributed by atoms with E-state index in [0.717, 1.165) is 30.9 Å². The van der Waals surface area contributed by atoms with Gasteiger partial charge in [-0.2, -0.15) is 5.10 Å². The van der Waals surface area contributed by atoms with Crippen molar-refractivity contribution in [3.8, 4) is 5.69 Å². The van der Waals surface area contributed by atoms with Gasteiger partial charge in [0.05, 0.1) is 18.4 Å². The summed E-state index contributed by atoms with van der Waals surface area (Å²) in [4.78, 5) is 2.39. The van der Waals surface area contributed by atoms with Crippen LogP contribution in [0.15, 0.2) is 60.9 Å². The van der Waals surface area contributed by atoms with Crippen molar-refractivity contribution in [2.45, 2.75) is 19.6 Å². The normalized spacial score (nSPS) is 18.2. The average Bonchev–Trinajstić information content (AvgIpc) is 3.17. The smallest absolute Gasteiger partial charge is 0.123 e. The topological polar surface area (TPSA) is 30.3 Å². The number of ether oxygens (including phenoxy) is 1. The van der Waals surface area contributed by atoms with E-state index < -0.39 is 0 Å². The summed E-state index contributed by atoms with van der Waals surface area (Å²) in [6, 6.07) is 15.0. The number of benzene rings is 2. The van der Waals surface area contributed by atoms with Gasteiger partial charge in [-0.3, -0.25) is 4.90 Å². The summed E-state index contributed by atoms with van der Waals surface area (Å²) in [6.45, 7) is 5.28. The van der Waals surface area contributed by atoms with Gasteiger partial charge in [-0.05, 0) is 42.3 Å². The summed E-state index contributed by atoms with van der Waals surface area (Å²) in [7, 11) is 0. The molecule has 0 N–H and O–H groups in total. The maximum Gasteiger partial charge on any atom is 0.123 e. The Balaban J connectivity index is 1.54. The Labute approximate surface area is 152 Å². The zero-order valence-electron chi connectivity index (χ0n) is 14.8. The molecule has 0 spiro atoms. The van der Waals surface area contributed by atoms with Crippen LogP contribution < -0.4 is 0 Å². The number of aromatic nitrogens is 2. The van der Waals surface area contributed by atoms with E-state index in [1.54, 1.807) is 6.20 Å². The van der Waals surface area contributed by atoms with E-state index in [-0.39, 0.29) is 11.9 Å². The van der Waals surface area contributed by atoms with E-state index in [4.69, 9.17) is 4.74 Å². The van der Waals surface area contributed by atoms with Crippen molar-refractivity contribution >= 4 is 0 Å². The van der Waals surface area contributed by atoms with Crippen LogP contribution in [0.1, 0.15) is 22.8 Å². The maximum absolute atomic E-state index is 13.2. The molecule has 2 heterocycles. The Bertz CT molecular complexity index is 861. The summed E-state index contributed by atoms with van der Waals surface area (Å²) in [6.07, 6.45) is 3.74. The molecular formula is C21H22FN3O. The summed E-state index contributed by atoms with van der Waals surface area (Å²) in [5.74, 6) is -0.218. The van der Waals surface area contributed by atoms with Crippen molar-refractivity contribution in [2.24, 2.45) is 0 Å². The van der Waals surface area contributed by atoms with Crippen molar-refractivity contribution in [3.05, 3.63) is 83.4 Å². The van der Waals surface area contributed by atoms with Crippen LogP contribution in [0.25, 0.3) is 5.69 Å². The van der Waals surface area contributed by atoms with Crippen LogP contribution in [0.2, 0.25) is 0 Å². The summed E-state index contributed by atoms with van der Waals surface area (Å²) >= 11 is 0. The molecule has 1 saturated heterocycles. The standard InChI is InChI=1S/C21H22FN3O/c1-16-3-8-20(25-10-2-9-23-25)18(13-16)14-24-11-12-26-21(15-24)17-4-6-19(22)7-5-17/h2-10,13,21H,11-12,14-15H2,1H3/t21-/m1/s1. The first-order valence-corrected chi connectivity index (χ1v) is 8.88. The molecule has 0 aliphatic carbocycles. The number of aryl methyl sites for hydroxylation is 1. The highest BCUT2D eigenvalue weighted by atomic mass is 19.1. The SMILES string of the molecule is Cc1ccc(-n2cccn2)c(CN2CCO[C@@H](c3ccc(F)cc3)C2)c1. The first kappa shape index (κ1) is 16.9. The van der Waals surface area contributed by atoms with Gasteiger partial charge in [-0.15, -0.1) is 0 Å². The predicted octanol–water partition coefficient (Wildman–Crippen LogP) is 3.89. The highest BCUT2D eigenvalue weighted by Gasteiger charge is 2.23. The molecule has 0 bridgehead atoms. The molecule has 1 aliphatic rings. The number of halogens is 1. The van der Waals surface area contributed by atoms with Gasteiger partial charge in [0.2, 0.25) is 0 Å². The Hall–Kier alpha value is -2.50. The van der Waals surface area contributed by atoms with Gasteiger partial charge in [0.1, 0.15) is 5.82 Å². The third kappa shape index (κ3) is 3.69. The zero-order valence-corrected chi connectivity index (χ0v) is 14.8. The molecule has 1 fully saturated rings. The quantitative estimate of drug-likeness (QED) is 0.714. The molecule has 3 aromatic rings. The predicted molar refractivity (Wildman–Crippen MR) is 98.7 cm³/mol. The van der Waals surface area contributed by atoms with Crippen molar-refractivity contribution in [1.29, 1.82) is 0 Å². The van der Waals surface area contributed by atoms with Crippen molar-refractivity contribution in [3.63, 3.8) is 0 Å². The lowest BCUT2D eigenvalue weighted by atomic mass is 10.1. The monoisotopic (exact) mass is 351 g/mol. The van der Waals surface area contributed by atoms with Crippen LogP contribution in [0, 0.1) is 12.7 Å². The van der Waals surface area contributed by atoms with Crippen molar-refractivity contribution in [1.82, 2.24) is 14.7 Å². The maximum atomic E-state index is 13.2. The van der Waals surface area contributed by atoms with E-state index in [0.29, 0.717) is 6.61 Å². The largest absolute Gasteiger partial charge is 0.371 e. The van der Waals surface area contributed by atoms with Crippen LogP contribution in [-0.4, -0.2) is 34.4 Å². The van der Waals surface area contributed by atoms with E-state index in [1.807, 2.05) is 29.1 Å². The van der Waals surface area contributed by atoms with E-state index in [2.05, 4.69) is 35.1 Å². The second kappa shape index (κ2) is 7.40. The number of hydrogen-bond donors (Lipinski definition) is 0. The first-order chi connectivity index (χ1) is 12.7. The minimum atomic E-state index is -0.218. The van der Waals surface area contributed by atoms with Gasteiger partial charge in [0, 0.05) is 32.0 Å². The highest BCUT2D eigenvalue weighted by molar-refractivity contribution is 5.42. The number of morpholine rings is 1. The second-order valence-electron chi connectivity index (χ2n) is 6.73. The van der Waals surface area contributed by atoms with Crippen LogP contribution in [0.4, 0.5) is 4.39 Å². The van der Waals surface area contributed by atoms with Gasteiger partial charge >= 0.3 is 0 Å². The first-order valence-electron chi connectivity index (χ1n) is 8.88. The lowest BCUT2D eigenvalue weighted by Crippen LogP contribution is -2.38. The molecule has 2 aromatic carbocycles. The summed E-state index contributed by atoms with van der Waals surface area (Å²) < 4.78 is 21.0. The minimum Gasteiger partial charge on any atom is -0.371 e. The van der Waals surface area contributed by atoms with E-state index >= 15 is 0 Å². The fourth-order valence-corrected chi connectivity index (χ4v) is 3.44. The molecule has 134 valence electrons. The second-order valence-corrected chi connectivity index (χ2v) is 6.73. The Kier molecular flexibility index (Phi) is 4.82. The van der Waals surface area contributed by atoms with Crippen LogP contribution in [0.3, 0.4) is 0 Å². The fraction of sp³-hybridized carbons (Fsp3) is 0.286. The van der Waals surface area contributed by atoms with E-state index in [9.17, 15) is 4.39 Å². The molecule has 0 unspecified atom stereocenters. The Morgan fingerprint density at radius 3 is 2.81 bits per heavy atom. The van der Waals surface area contributed by atoms with Crippen LogP contribution in [0.5, 0.6) is 0 Å². The van der Waals surface area contributed by atoms with Crippen molar-refractivity contribution in [2.75, 3.05) is 19.7 Å². The molecule has 4 nitrogen and oxygen atoms in total. The number of hydrogen-bond acceptors (Lipinski definition) is 3. The molecular weight excluding hydrogens is 329 g/mol. The van der Waals surface area contributed by atoms with Crippen molar-refractivity contribution < 1.29 is 9.13 Å². The minimum absolute atomic E-state index is 0.0256.